The number of ketones is 2. The topological polar surface area (TPSA) is 70.8 Å². The largest absolute Gasteiger partial charge is 0.450 e. The number of hydrogen-bond acceptors (Lipinski definition) is 5. The summed E-state index contributed by atoms with van der Waals surface area (Å²) >= 11 is 0. The van der Waals surface area contributed by atoms with Gasteiger partial charge in [0.1, 0.15) is 11.6 Å². The summed E-state index contributed by atoms with van der Waals surface area (Å²) < 4.78 is 19.2. The maximum absolute atomic E-state index is 13.3. The number of rotatable bonds is 2. The van der Waals surface area contributed by atoms with Crippen LogP contribution < -0.4 is 4.90 Å². The second kappa shape index (κ2) is 7.69. The SMILES string of the molecule is Cc1cc2c(cc1C)-c1oc(C(=O)N3CCN(c4ccc(F)cc4)CC3)c(C)c1C(=O)C2=O. The minimum atomic E-state index is -0.637. The lowest BCUT2D eigenvalue weighted by Gasteiger charge is -2.35. The molecule has 0 N–H and O–H groups in total. The summed E-state index contributed by atoms with van der Waals surface area (Å²) in [4.78, 5) is 42.7. The zero-order valence-electron chi connectivity index (χ0n) is 18.7. The van der Waals surface area contributed by atoms with E-state index in [0.29, 0.717) is 48.6 Å². The van der Waals surface area contributed by atoms with Crippen LogP contribution in [0.3, 0.4) is 0 Å². The van der Waals surface area contributed by atoms with Crippen LogP contribution in [0.2, 0.25) is 0 Å². The molecular weight excluding hydrogens is 423 g/mol. The molecule has 1 aliphatic carbocycles. The van der Waals surface area contributed by atoms with E-state index in [9.17, 15) is 18.8 Å². The first kappa shape index (κ1) is 21.1. The average Bonchev–Trinajstić information content (AvgIpc) is 3.16. The van der Waals surface area contributed by atoms with E-state index in [1.54, 1.807) is 30.0 Å². The Balaban J connectivity index is 1.44. The van der Waals surface area contributed by atoms with Crippen LogP contribution in [-0.2, 0) is 0 Å². The van der Waals surface area contributed by atoms with E-state index in [1.807, 2.05) is 19.9 Å². The van der Waals surface area contributed by atoms with Crippen molar-refractivity contribution in [2.24, 2.45) is 0 Å². The summed E-state index contributed by atoms with van der Waals surface area (Å²) in [6.07, 6.45) is 0. The molecule has 1 aromatic heterocycles. The quantitative estimate of drug-likeness (QED) is 0.548. The van der Waals surface area contributed by atoms with Crippen LogP contribution in [0.1, 0.15) is 48.0 Å². The van der Waals surface area contributed by atoms with E-state index >= 15 is 0 Å². The lowest BCUT2D eigenvalue weighted by atomic mass is 9.85. The van der Waals surface area contributed by atoms with Crippen LogP contribution in [0.5, 0.6) is 0 Å². The van der Waals surface area contributed by atoms with Crippen molar-refractivity contribution in [1.29, 1.82) is 0 Å². The van der Waals surface area contributed by atoms with Crippen molar-refractivity contribution in [2.45, 2.75) is 20.8 Å². The number of amides is 1. The number of furan rings is 1. The van der Waals surface area contributed by atoms with Crippen molar-refractivity contribution in [2.75, 3.05) is 31.1 Å². The number of piperazine rings is 1. The average molecular weight is 446 g/mol. The summed E-state index contributed by atoms with van der Waals surface area (Å²) in [5.41, 5.74) is 4.25. The summed E-state index contributed by atoms with van der Waals surface area (Å²) in [5, 5.41) is 0. The first-order valence-corrected chi connectivity index (χ1v) is 10.9. The number of nitrogens with zero attached hydrogens (tertiary/aromatic N) is 2. The van der Waals surface area contributed by atoms with Crippen molar-refractivity contribution >= 4 is 23.2 Å². The minimum absolute atomic E-state index is 0.0995. The Kier molecular flexibility index (Phi) is 4.92. The third kappa shape index (κ3) is 3.35. The number of anilines is 1. The van der Waals surface area contributed by atoms with Gasteiger partial charge in [0, 0.05) is 48.6 Å². The fourth-order valence-electron chi connectivity index (χ4n) is 4.57. The highest BCUT2D eigenvalue weighted by molar-refractivity contribution is 6.53. The highest BCUT2D eigenvalue weighted by Crippen LogP contribution is 2.40. The molecular formula is C26H23FN2O4. The highest BCUT2D eigenvalue weighted by Gasteiger charge is 2.38. The molecule has 0 atom stereocenters. The number of halogens is 1. The molecule has 1 amide bonds. The van der Waals surface area contributed by atoms with Gasteiger partial charge in [0.05, 0.1) is 5.56 Å². The van der Waals surface area contributed by atoms with Crippen LogP contribution in [-0.4, -0.2) is 48.6 Å². The molecule has 0 saturated carbocycles. The summed E-state index contributed by atoms with van der Waals surface area (Å²) in [6.45, 7) is 7.58. The third-order valence-electron chi connectivity index (χ3n) is 6.66. The monoisotopic (exact) mass is 446 g/mol. The van der Waals surface area contributed by atoms with Crippen molar-refractivity contribution in [3.8, 4) is 11.3 Å². The Hall–Kier alpha value is -3.74. The van der Waals surface area contributed by atoms with Gasteiger partial charge in [0.2, 0.25) is 11.6 Å². The standard InChI is InChI=1S/C26H23FN2O4/c1-14-12-19-20(13-15(14)2)25-21(23(31)22(19)30)16(3)24(33-25)26(32)29-10-8-28(9-11-29)18-6-4-17(27)5-7-18/h4-7,12-13H,8-11H2,1-3H3. The predicted octanol–water partition coefficient (Wildman–Crippen LogP) is 4.35. The molecule has 168 valence electrons. The molecule has 33 heavy (non-hydrogen) atoms. The van der Waals surface area contributed by atoms with Gasteiger partial charge in [-0.2, -0.15) is 0 Å². The van der Waals surface area contributed by atoms with E-state index in [4.69, 9.17) is 4.42 Å². The van der Waals surface area contributed by atoms with E-state index in [1.165, 1.54) is 12.1 Å². The molecule has 3 aromatic rings. The van der Waals surface area contributed by atoms with Crippen molar-refractivity contribution in [3.05, 3.63) is 75.8 Å². The van der Waals surface area contributed by atoms with Crippen LogP contribution in [0, 0.1) is 26.6 Å². The van der Waals surface area contributed by atoms with Gasteiger partial charge in [0.15, 0.2) is 5.76 Å². The Labute approximate surface area is 190 Å². The molecule has 0 unspecified atom stereocenters. The smallest absolute Gasteiger partial charge is 0.290 e. The second-order valence-corrected chi connectivity index (χ2v) is 8.66. The first-order chi connectivity index (χ1) is 15.8. The second-order valence-electron chi connectivity index (χ2n) is 8.66. The van der Waals surface area contributed by atoms with Crippen molar-refractivity contribution in [1.82, 2.24) is 4.90 Å². The highest BCUT2D eigenvalue weighted by atomic mass is 19.1. The van der Waals surface area contributed by atoms with Crippen LogP contribution in [0.25, 0.3) is 11.3 Å². The molecule has 7 heteroatoms. The van der Waals surface area contributed by atoms with E-state index in [0.717, 1.165) is 16.8 Å². The molecule has 5 rings (SSSR count). The molecule has 6 nitrogen and oxygen atoms in total. The van der Waals surface area contributed by atoms with E-state index < -0.39 is 11.6 Å². The number of carbonyl (C=O) groups is 3. The maximum atomic E-state index is 13.3. The van der Waals surface area contributed by atoms with Gasteiger partial charge in [-0.25, -0.2) is 4.39 Å². The normalized spacial score (nSPS) is 15.5. The molecule has 2 heterocycles. The molecule has 2 aliphatic rings. The number of carbonyl (C=O) groups excluding carboxylic acids is 3. The van der Waals surface area contributed by atoms with Crippen molar-refractivity contribution < 1.29 is 23.2 Å². The van der Waals surface area contributed by atoms with Gasteiger partial charge in [-0.3, -0.25) is 14.4 Å². The predicted molar refractivity (Wildman–Crippen MR) is 122 cm³/mol. The Morgan fingerprint density at radius 3 is 2.12 bits per heavy atom. The van der Waals surface area contributed by atoms with E-state index in [-0.39, 0.29) is 23.0 Å². The van der Waals surface area contributed by atoms with Crippen molar-refractivity contribution in [3.63, 3.8) is 0 Å². The van der Waals surface area contributed by atoms with E-state index in [2.05, 4.69) is 4.90 Å². The number of Topliss-reactive ketones (excluding diaryl/α,β-unsaturated/α-hetero) is 2. The summed E-state index contributed by atoms with van der Waals surface area (Å²) in [7, 11) is 0. The fraction of sp³-hybridized carbons (Fsp3) is 0.269. The molecule has 1 fully saturated rings. The number of hydrogen-bond donors (Lipinski definition) is 0. The first-order valence-electron chi connectivity index (χ1n) is 10.9. The van der Waals surface area contributed by atoms with Gasteiger partial charge < -0.3 is 14.2 Å². The minimum Gasteiger partial charge on any atom is -0.450 e. The van der Waals surface area contributed by atoms with Crippen LogP contribution in [0.15, 0.2) is 40.8 Å². The zero-order chi connectivity index (χ0) is 23.4. The van der Waals surface area contributed by atoms with Gasteiger partial charge in [0.25, 0.3) is 5.91 Å². The Morgan fingerprint density at radius 2 is 1.48 bits per heavy atom. The maximum Gasteiger partial charge on any atom is 0.290 e. The Bertz CT molecular complexity index is 1320. The number of benzene rings is 2. The van der Waals surface area contributed by atoms with Gasteiger partial charge >= 0.3 is 0 Å². The van der Waals surface area contributed by atoms with Gasteiger partial charge in [-0.15, -0.1) is 0 Å². The molecule has 0 bridgehead atoms. The molecule has 1 aliphatic heterocycles. The van der Waals surface area contributed by atoms with Crippen LogP contribution >= 0.6 is 0 Å². The zero-order valence-corrected chi connectivity index (χ0v) is 18.7. The molecule has 0 spiro atoms. The number of fused-ring (bicyclic) bond motifs is 3. The van der Waals surface area contributed by atoms with Gasteiger partial charge in [-0.05, 0) is 68.3 Å². The molecule has 2 aromatic carbocycles. The lowest BCUT2D eigenvalue weighted by molar-refractivity contribution is 0.0714. The number of aryl methyl sites for hydroxylation is 2. The summed E-state index contributed by atoms with van der Waals surface area (Å²) in [6, 6.07) is 9.84. The fourth-order valence-corrected chi connectivity index (χ4v) is 4.57. The molecule has 0 radical (unpaired) electrons. The lowest BCUT2D eigenvalue weighted by Crippen LogP contribution is -2.48. The Morgan fingerprint density at radius 1 is 0.879 bits per heavy atom. The molecule has 1 saturated heterocycles. The summed E-state index contributed by atoms with van der Waals surface area (Å²) in [5.74, 6) is -1.40. The van der Waals surface area contributed by atoms with Gasteiger partial charge in [-0.1, -0.05) is 0 Å². The third-order valence-corrected chi connectivity index (χ3v) is 6.66. The van der Waals surface area contributed by atoms with Crippen LogP contribution in [0.4, 0.5) is 10.1 Å².